The van der Waals surface area contributed by atoms with Crippen molar-refractivity contribution in [3.05, 3.63) is 84.4 Å². The lowest BCUT2D eigenvalue weighted by molar-refractivity contribution is -0.147. The number of ether oxygens (including phenoxy) is 1. The number of hydrogen-bond donors (Lipinski definition) is 2. The van der Waals surface area contributed by atoms with Crippen LogP contribution in [0.25, 0.3) is 11.1 Å². The monoisotopic (exact) mass is 489 g/mol. The van der Waals surface area contributed by atoms with Crippen molar-refractivity contribution in [1.82, 2.24) is 0 Å². The molecule has 1 amide bonds. The van der Waals surface area contributed by atoms with Crippen LogP contribution in [0, 0.1) is 11.3 Å². The molecule has 0 aromatic heterocycles. The number of rotatable bonds is 8. The Kier molecular flexibility index (Phi) is 10.4. The van der Waals surface area contributed by atoms with Crippen molar-refractivity contribution in [3.8, 4) is 16.9 Å². The number of anilines is 1. The van der Waals surface area contributed by atoms with Crippen LogP contribution in [0.2, 0.25) is 0 Å². The number of nitrogens with one attached hydrogen (secondary N) is 1. The molecule has 1 unspecified atom stereocenters. The Labute approximate surface area is 213 Å². The third-order valence-electron chi connectivity index (χ3n) is 6.08. The Morgan fingerprint density at radius 3 is 1.89 bits per heavy atom. The number of aliphatic carboxylic acids is 1. The molecule has 0 aliphatic heterocycles. The van der Waals surface area contributed by atoms with E-state index in [1.807, 2.05) is 63.2 Å². The van der Waals surface area contributed by atoms with Gasteiger partial charge in [-0.2, -0.15) is 0 Å². The van der Waals surface area contributed by atoms with Crippen molar-refractivity contribution < 1.29 is 24.2 Å². The molecule has 2 N–H and O–H groups in total. The summed E-state index contributed by atoms with van der Waals surface area (Å²) >= 11 is 0. The van der Waals surface area contributed by atoms with E-state index in [0.29, 0.717) is 23.4 Å². The van der Waals surface area contributed by atoms with Crippen molar-refractivity contribution in [2.45, 2.75) is 47.5 Å². The van der Waals surface area contributed by atoms with E-state index in [2.05, 4.69) is 5.32 Å². The molecule has 0 saturated heterocycles. The van der Waals surface area contributed by atoms with E-state index in [1.165, 1.54) is 0 Å². The van der Waals surface area contributed by atoms with E-state index in [9.17, 15) is 14.4 Å². The molecule has 3 rings (SSSR count). The van der Waals surface area contributed by atoms with Crippen molar-refractivity contribution in [2.75, 3.05) is 5.32 Å². The first-order valence-corrected chi connectivity index (χ1v) is 12.1. The molecule has 3 aromatic carbocycles. The van der Waals surface area contributed by atoms with Gasteiger partial charge in [0.25, 0.3) is 0 Å². The fraction of sp³-hybridized carbons (Fsp3) is 0.300. The third-order valence-corrected chi connectivity index (χ3v) is 6.08. The van der Waals surface area contributed by atoms with E-state index < -0.39 is 17.4 Å². The summed E-state index contributed by atoms with van der Waals surface area (Å²) in [6, 6.07) is 24.1. The summed E-state index contributed by atoms with van der Waals surface area (Å²) in [5, 5.41) is 11.3. The van der Waals surface area contributed by atoms with E-state index in [1.54, 1.807) is 50.2 Å². The lowest BCUT2D eigenvalue weighted by Gasteiger charge is -2.14. The number of esters is 1. The molecule has 0 saturated carbocycles. The summed E-state index contributed by atoms with van der Waals surface area (Å²) in [6.07, 6.45) is 1.46. The summed E-state index contributed by atoms with van der Waals surface area (Å²) in [5.41, 5.74) is 2.71. The van der Waals surface area contributed by atoms with E-state index in [4.69, 9.17) is 9.84 Å². The number of hydrogen-bond acceptors (Lipinski definition) is 4. The summed E-state index contributed by atoms with van der Waals surface area (Å²) < 4.78 is 5.44. The number of carbonyl (C=O) groups excluding carboxylic acids is 2. The fourth-order valence-corrected chi connectivity index (χ4v) is 2.80. The summed E-state index contributed by atoms with van der Waals surface area (Å²) in [5.74, 6) is -0.758. The summed E-state index contributed by atoms with van der Waals surface area (Å²) in [7, 11) is 0. The first-order valence-electron chi connectivity index (χ1n) is 12.1. The molecule has 0 spiro atoms. The molecule has 0 heterocycles. The molecule has 36 heavy (non-hydrogen) atoms. The van der Waals surface area contributed by atoms with Crippen LogP contribution < -0.4 is 10.1 Å². The molecule has 6 heteroatoms. The van der Waals surface area contributed by atoms with Gasteiger partial charge in [0, 0.05) is 11.6 Å². The fourth-order valence-electron chi connectivity index (χ4n) is 2.80. The zero-order valence-electron chi connectivity index (χ0n) is 21.6. The van der Waals surface area contributed by atoms with E-state index in [-0.39, 0.29) is 11.8 Å². The van der Waals surface area contributed by atoms with Gasteiger partial charge in [-0.15, -0.1) is 0 Å². The second-order valence-electron chi connectivity index (χ2n) is 9.20. The molecule has 0 fully saturated rings. The second-order valence-corrected chi connectivity index (χ2v) is 9.20. The number of carboxylic acids is 1. The van der Waals surface area contributed by atoms with Crippen LogP contribution in [-0.2, 0) is 9.59 Å². The predicted molar refractivity (Wildman–Crippen MR) is 143 cm³/mol. The van der Waals surface area contributed by atoms with Gasteiger partial charge in [-0.25, -0.2) is 4.79 Å². The van der Waals surface area contributed by atoms with Gasteiger partial charge >= 0.3 is 11.9 Å². The van der Waals surface area contributed by atoms with Crippen LogP contribution in [0.4, 0.5) is 5.69 Å². The lowest BCUT2D eigenvalue weighted by Crippen LogP contribution is -2.21. The minimum Gasteiger partial charge on any atom is -0.481 e. The van der Waals surface area contributed by atoms with E-state index in [0.717, 1.165) is 17.5 Å². The highest BCUT2D eigenvalue weighted by Crippen LogP contribution is 2.23. The van der Waals surface area contributed by atoms with Crippen LogP contribution in [-0.4, -0.2) is 23.0 Å². The van der Waals surface area contributed by atoms with Crippen molar-refractivity contribution in [2.24, 2.45) is 11.3 Å². The second kappa shape index (κ2) is 13.2. The van der Waals surface area contributed by atoms with Crippen LogP contribution in [0.5, 0.6) is 5.75 Å². The summed E-state index contributed by atoms with van der Waals surface area (Å²) in [4.78, 5) is 34.5. The Hall–Kier alpha value is -3.93. The van der Waals surface area contributed by atoms with Crippen LogP contribution in [0.3, 0.4) is 0 Å². The maximum Gasteiger partial charge on any atom is 0.343 e. The van der Waals surface area contributed by atoms with Gasteiger partial charge in [0.15, 0.2) is 0 Å². The normalized spacial score (nSPS) is 11.5. The number of benzene rings is 3. The number of amides is 1. The minimum atomic E-state index is -0.722. The molecular weight excluding hydrogens is 454 g/mol. The van der Waals surface area contributed by atoms with Crippen molar-refractivity contribution >= 4 is 23.5 Å². The molecule has 6 nitrogen and oxygen atoms in total. The molecular formula is C30H35NO5. The predicted octanol–water partition coefficient (Wildman–Crippen LogP) is 7.06. The number of carboxylic acid groups (broad SMARTS) is 1. The number of carbonyl (C=O) groups is 3. The quantitative estimate of drug-likeness (QED) is 0.261. The van der Waals surface area contributed by atoms with Gasteiger partial charge in [0.2, 0.25) is 5.91 Å². The maximum atomic E-state index is 12.3. The first-order chi connectivity index (χ1) is 17.1. The SMILES string of the molecule is CCC(C)(C)C(=O)O.CCC(C)C(=O)Nc1ccc(C(=O)Oc2ccc(-c3ccccc3)cc2)cc1. The first kappa shape index (κ1) is 28.3. The smallest absolute Gasteiger partial charge is 0.343 e. The Bertz CT molecular complexity index is 1140. The van der Waals surface area contributed by atoms with Gasteiger partial charge < -0.3 is 15.2 Å². The highest BCUT2D eigenvalue weighted by Gasteiger charge is 2.23. The topological polar surface area (TPSA) is 92.7 Å². The standard InChI is InChI=1S/C24H23NO3.C6H12O2/c1-3-17(2)23(26)25-21-13-9-20(10-14-21)24(27)28-22-15-11-19(12-16-22)18-7-5-4-6-8-18;1-4-6(2,3)5(7)8/h4-17H,3H2,1-2H3,(H,25,26);4H2,1-3H3,(H,7,8). The highest BCUT2D eigenvalue weighted by molar-refractivity contribution is 5.94. The molecule has 0 radical (unpaired) electrons. The molecule has 0 bridgehead atoms. The van der Waals surface area contributed by atoms with Crippen LogP contribution in [0.1, 0.15) is 57.8 Å². The van der Waals surface area contributed by atoms with Gasteiger partial charge in [-0.05, 0) is 74.2 Å². The molecule has 3 aromatic rings. The summed E-state index contributed by atoms with van der Waals surface area (Å²) in [6.45, 7) is 9.15. The average molecular weight is 490 g/mol. The van der Waals surface area contributed by atoms with Gasteiger partial charge in [-0.3, -0.25) is 9.59 Å². The largest absolute Gasteiger partial charge is 0.481 e. The Morgan fingerprint density at radius 1 is 0.861 bits per heavy atom. The molecule has 0 aliphatic carbocycles. The van der Waals surface area contributed by atoms with Crippen LogP contribution >= 0.6 is 0 Å². The highest BCUT2D eigenvalue weighted by atomic mass is 16.5. The lowest BCUT2D eigenvalue weighted by atomic mass is 9.91. The third kappa shape index (κ3) is 8.38. The van der Waals surface area contributed by atoms with Gasteiger partial charge in [-0.1, -0.05) is 63.2 Å². The van der Waals surface area contributed by atoms with Crippen molar-refractivity contribution in [3.63, 3.8) is 0 Å². The molecule has 1 atom stereocenters. The van der Waals surface area contributed by atoms with E-state index >= 15 is 0 Å². The molecule has 0 aliphatic rings. The Morgan fingerprint density at radius 2 is 1.42 bits per heavy atom. The van der Waals surface area contributed by atoms with Gasteiger partial charge in [0.05, 0.1) is 11.0 Å². The Balaban J connectivity index is 0.000000493. The molecule has 190 valence electrons. The van der Waals surface area contributed by atoms with Crippen molar-refractivity contribution in [1.29, 1.82) is 0 Å². The van der Waals surface area contributed by atoms with Crippen LogP contribution in [0.15, 0.2) is 78.9 Å². The maximum absolute atomic E-state index is 12.3. The van der Waals surface area contributed by atoms with Gasteiger partial charge in [0.1, 0.15) is 5.75 Å². The zero-order chi connectivity index (χ0) is 26.7. The minimum absolute atomic E-state index is 0.0312. The zero-order valence-corrected chi connectivity index (χ0v) is 21.6. The average Bonchev–Trinajstić information content (AvgIpc) is 2.89.